The molecule has 15 unspecified atom stereocenters. The van der Waals surface area contributed by atoms with Crippen molar-refractivity contribution in [2.45, 2.75) is 244 Å². The lowest BCUT2D eigenvalue weighted by molar-refractivity contribution is -0.335. The molecule has 1 amide bonds. The minimum atomic E-state index is -1.79. The number of hydrogen-bond donors (Lipinski definition) is 6. The number of ether oxygens (including phenoxy) is 12. The maximum Gasteiger partial charge on any atom is 0.407 e. The molecule has 5 aliphatic heterocycles. The van der Waals surface area contributed by atoms with Gasteiger partial charge in [0.15, 0.2) is 30.8 Å². The van der Waals surface area contributed by atoms with Gasteiger partial charge in [-0.15, -0.1) is 0 Å². The van der Waals surface area contributed by atoms with E-state index in [1.54, 1.807) is 27.7 Å². The van der Waals surface area contributed by atoms with E-state index in [1.807, 2.05) is 52.8 Å². The molecule has 4 aliphatic carbocycles. The van der Waals surface area contributed by atoms with E-state index in [9.17, 15) is 34.8 Å². The van der Waals surface area contributed by atoms with Crippen LogP contribution in [0.2, 0.25) is 0 Å². The zero-order chi connectivity index (χ0) is 61.9. The summed E-state index contributed by atoms with van der Waals surface area (Å²) in [5.41, 5.74) is 4.69. The summed E-state index contributed by atoms with van der Waals surface area (Å²) in [5.74, 6) is -5.23. The summed E-state index contributed by atoms with van der Waals surface area (Å²) in [7, 11) is 2.79. The maximum atomic E-state index is 15.7. The van der Waals surface area contributed by atoms with Gasteiger partial charge < -0.3 is 88.3 Å². The van der Waals surface area contributed by atoms with Crippen molar-refractivity contribution in [3.63, 3.8) is 0 Å². The Labute approximate surface area is 499 Å². The molecule has 85 heavy (non-hydrogen) atoms. The van der Waals surface area contributed by atoms with E-state index >= 15 is 4.79 Å². The average molecular weight is 1200 g/mol. The van der Waals surface area contributed by atoms with Gasteiger partial charge in [-0.1, -0.05) is 63.6 Å². The van der Waals surface area contributed by atoms with Gasteiger partial charge in [0.1, 0.15) is 36.3 Å². The Bertz CT molecular complexity index is 2610. The largest absolute Gasteiger partial charge is 0.511 e. The first-order valence-corrected chi connectivity index (χ1v) is 30.5. The lowest BCUT2D eigenvalue weighted by Crippen LogP contribution is -2.66. The third kappa shape index (κ3) is 12.9. The van der Waals surface area contributed by atoms with Crippen LogP contribution in [0.1, 0.15) is 128 Å². The molecule has 22 nitrogen and oxygen atoms in total. The Balaban J connectivity index is 1.02. The Morgan fingerprint density at radius 2 is 1.36 bits per heavy atom. The second kappa shape index (κ2) is 25.8. The molecular formula is C63H94N2O20. The number of aliphatic hydroxyl groups excluding tert-OH is 4. The number of carbonyl (C=O) groups excluding carboxylic acids is 4. The number of aliphatic hydroxyl groups is 4. The molecule has 0 radical (unpaired) electrons. The SMILES string of the molecule is COC(=O)NC1C(C)OC(OC2C/C=C(\C)C3C=CC4C(C(C)CC(C)[C@@H]4O[C@H]4C[C@@H](OC5C[C@H](O)[C@@H](O[C@@H]6C[C@H](O)[C@@H](OC)[C@H](C)O6)[C@@H](C)O5)[C@H](O)[C@@H](C)O4)C3(C)/C(O)=C3\C(=O)OC4(CC(C)C(COC(C)=O)=CC4/C=C/2C)C3=O)CC1(C)N. The van der Waals surface area contributed by atoms with E-state index in [2.05, 4.69) is 31.3 Å². The summed E-state index contributed by atoms with van der Waals surface area (Å²) in [5, 5.41) is 49.8. The van der Waals surface area contributed by atoms with Gasteiger partial charge in [-0.3, -0.25) is 9.59 Å². The van der Waals surface area contributed by atoms with E-state index in [0.29, 0.717) is 18.4 Å². The summed E-state index contributed by atoms with van der Waals surface area (Å²) < 4.78 is 74.0. The summed E-state index contributed by atoms with van der Waals surface area (Å²) in [4.78, 5) is 55.1. The number of allylic oxidation sites excluding steroid dienone is 3. The predicted octanol–water partition coefficient (Wildman–Crippen LogP) is 5.83. The smallest absolute Gasteiger partial charge is 0.407 e. The second-order valence-corrected chi connectivity index (χ2v) is 26.5. The van der Waals surface area contributed by atoms with Gasteiger partial charge in [0.05, 0.1) is 68.1 Å². The highest BCUT2D eigenvalue weighted by Crippen LogP contribution is 2.61. The topological polar surface area (TPSA) is 298 Å². The Kier molecular flexibility index (Phi) is 19.8. The molecule has 1 saturated carbocycles. The highest BCUT2D eigenvalue weighted by Gasteiger charge is 2.64. The van der Waals surface area contributed by atoms with E-state index in [4.69, 9.17) is 62.6 Å². The molecule has 5 heterocycles. The van der Waals surface area contributed by atoms with Crippen molar-refractivity contribution >= 4 is 23.8 Å². The first-order chi connectivity index (χ1) is 40.0. The number of esters is 2. The molecule has 7 N–H and O–H groups in total. The highest BCUT2D eigenvalue weighted by atomic mass is 16.7. The van der Waals surface area contributed by atoms with E-state index < -0.39 is 174 Å². The number of nitrogens with two attached hydrogens (primary N) is 1. The molecule has 9 aliphatic rings. The molecule has 0 aromatic heterocycles. The number of ketones is 1. The first kappa shape index (κ1) is 65.3. The number of nitrogens with one attached hydrogen (secondary N) is 1. The molecule has 22 heteroatoms. The third-order valence-electron chi connectivity index (χ3n) is 20.2. The molecule has 2 bridgehead atoms. The molecule has 476 valence electrons. The van der Waals surface area contributed by atoms with Crippen LogP contribution < -0.4 is 11.1 Å². The quantitative estimate of drug-likeness (QED) is 0.0580. The summed E-state index contributed by atoms with van der Waals surface area (Å²) >= 11 is 0. The standard InChI is InChI=1S/C63H94N2O20/c1-28-15-18-44(81-49-26-61(11,64)56(36(9)80-49)65-60(73)75-14)29(2)20-39-21-38(27-76-37(10)66)32(5)25-63(39)58(71)50(59(72)85-63)57(70)62(12)41(28)17-16-40-51(62)30(3)19-31(4)53(40)83-48-24-45(52(69)33(6)77-48)82-46-23-43(68)55(35(8)79-46)84-47-22-42(67)54(74-13)34(7)78-47/h15-17,20-21,30-36,39-49,51-56,67-70H,18-19,22-27,64H2,1-14H3,(H,65,73)/b28-15+,29-20+,57-50+/t30?,31?,32?,33-,34+,35-,36?,39?,40?,41?,42+,43+,44?,45-,46?,47-,48+,49?,51?,52-,53+,54+,55+,56?,61?,62?,63?/m1/s1. The van der Waals surface area contributed by atoms with Crippen LogP contribution in [0.5, 0.6) is 0 Å². The molecular weight excluding hydrogens is 1100 g/mol. The molecule has 0 aromatic rings. The van der Waals surface area contributed by atoms with E-state index in [-0.39, 0.29) is 62.2 Å². The van der Waals surface area contributed by atoms with Crippen molar-refractivity contribution in [2.24, 2.45) is 52.6 Å². The van der Waals surface area contributed by atoms with Gasteiger partial charge >= 0.3 is 18.0 Å². The average Bonchev–Trinajstić information content (AvgIpc) is 1.71. The van der Waals surface area contributed by atoms with Crippen molar-refractivity contribution in [1.29, 1.82) is 0 Å². The van der Waals surface area contributed by atoms with Gasteiger partial charge in [-0.2, -0.15) is 0 Å². The minimum Gasteiger partial charge on any atom is -0.511 e. The lowest BCUT2D eigenvalue weighted by Gasteiger charge is -2.56. The zero-order valence-electron chi connectivity index (χ0n) is 51.8. The second-order valence-electron chi connectivity index (χ2n) is 26.5. The molecule has 27 atom stereocenters. The number of rotatable bonds is 12. The van der Waals surface area contributed by atoms with Crippen molar-refractivity contribution in [2.75, 3.05) is 20.8 Å². The van der Waals surface area contributed by atoms with Gasteiger partial charge in [-0.05, 0) is 96.1 Å². The van der Waals surface area contributed by atoms with E-state index in [0.717, 1.165) is 11.1 Å². The van der Waals surface area contributed by atoms with Crippen LogP contribution in [-0.2, 0) is 71.2 Å². The third-order valence-corrected chi connectivity index (χ3v) is 20.2. The number of methoxy groups -OCH3 is 2. The van der Waals surface area contributed by atoms with E-state index in [1.165, 1.54) is 21.1 Å². The van der Waals surface area contributed by atoms with Gasteiger partial charge in [-0.25, -0.2) is 9.59 Å². The van der Waals surface area contributed by atoms with Crippen molar-refractivity contribution in [3.8, 4) is 0 Å². The molecule has 9 rings (SSSR count). The molecule has 0 aromatic carbocycles. The van der Waals surface area contributed by atoms with Gasteiger partial charge in [0.25, 0.3) is 0 Å². The fourth-order valence-corrected chi connectivity index (χ4v) is 15.9. The number of carbonyl (C=O) groups is 4. The fraction of sp³-hybridized carbons (Fsp3) is 0.778. The van der Waals surface area contributed by atoms with Crippen molar-refractivity contribution < 1.29 is 96.4 Å². The molecule has 5 saturated heterocycles. The summed E-state index contributed by atoms with van der Waals surface area (Å²) in [6, 6.07) is -0.610. The minimum absolute atomic E-state index is 0.0255. The maximum absolute atomic E-state index is 15.7. The summed E-state index contributed by atoms with van der Waals surface area (Å²) in [6.07, 6.45) is -1.43. The molecule has 6 fully saturated rings. The number of alkyl carbamates (subject to hydrolysis) is 1. The van der Waals surface area contributed by atoms with Crippen LogP contribution in [0, 0.1) is 46.8 Å². The van der Waals surface area contributed by atoms with Crippen molar-refractivity contribution in [3.05, 3.63) is 58.4 Å². The Morgan fingerprint density at radius 3 is 2.00 bits per heavy atom. The van der Waals surface area contributed by atoms with Crippen LogP contribution in [0.15, 0.2) is 58.4 Å². The monoisotopic (exact) mass is 1200 g/mol. The highest BCUT2D eigenvalue weighted by molar-refractivity contribution is 6.26. The lowest BCUT2D eigenvalue weighted by atomic mass is 9.49. The molecule has 1 spiro atoms. The van der Waals surface area contributed by atoms with Crippen LogP contribution in [0.25, 0.3) is 0 Å². The van der Waals surface area contributed by atoms with Crippen LogP contribution in [-0.4, -0.2) is 181 Å². The normalized spacial score (nSPS) is 48.8. The number of amides is 1. The Morgan fingerprint density at radius 1 is 0.741 bits per heavy atom. The fourth-order valence-electron chi connectivity index (χ4n) is 15.9. The van der Waals surface area contributed by atoms with Crippen LogP contribution in [0.4, 0.5) is 4.79 Å². The number of Topliss-reactive ketones (excluding diaryl/α,β-unsaturated/α-hetero) is 1. The van der Waals surface area contributed by atoms with Gasteiger partial charge in [0.2, 0.25) is 5.78 Å². The Hall–Kier alpha value is -4.14. The van der Waals surface area contributed by atoms with Gasteiger partial charge in [0, 0.05) is 74.8 Å². The van der Waals surface area contributed by atoms with Crippen molar-refractivity contribution in [1.82, 2.24) is 5.32 Å². The number of fused-ring (bicyclic) bond motifs is 4. The van der Waals surface area contributed by atoms with Crippen LogP contribution in [0.3, 0.4) is 0 Å². The van der Waals surface area contributed by atoms with Crippen LogP contribution >= 0.6 is 0 Å². The first-order valence-electron chi connectivity index (χ1n) is 30.5. The zero-order valence-corrected chi connectivity index (χ0v) is 51.8. The summed E-state index contributed by atoms with van der Waals surface area (Å²) in [6.45, 7) is 22.1. The number of hydrogen-bond acceptors (Lipinski definition) is 21. The predicted molar refractivity (Wildman–Crippen MR) is 304 cm³/mol.